The van der Waals surface area contributed by atoms with Crippen molar-refractivity contribution in [2.45, 2.75) is 39.2 Å². The van der Waals surface area contributed by atoms with Gasteiger partial charge in [0.2, 0.25) is 6.41 Å². The topological polar surface area (TPSA) is 90.9 Å². The van der Waals surface area contributed by atoms with Crippen LogP contribution in [0, 0.1) is 0 Å². The van der Waals surface area contributed by atoms with Gasteiger partial charge in [-0.05, 0) is 19.8 Å². The van der Waals surface area contributed by atoms with E-state index < -0.39 is 19.6 Å². The fraction of sp³-hybridized carbons (Fsp3) is 0.714. The van der Waals surface area contributed by atoms with E-state index in [1.165, 1.54) is 14.2 Å². The van der Waals surface area contributed by atoms with Crippen LogP contribution >= 0.6 is 7.60 Å². The van der Waals surface area contributed by atoms with Gasteiger partial charge >= 0.3 is 13.6 Å². The van der Waals surface area contributed by atoms with Crippen molar-refractivity contribution in [3.63, 3.8) is 0 Å². The molecule has 0 aliphatic carbocycles. The Hall–Kier alpha value is -1.17. The molecule has 0 aromatic rings. The lowest BCUT2D eigenvalue weighted by molar-refractivity contribution is -0.145. The molecule has 0 rings (SSSR count). The molecular weight excluding hydrogens is 309 g/mol. The number of ether oxygens (including phenoxy) is 1. The Morgan fingerprint density at radius 3 is 2.36 bits per heavy atom. The molecular formula is C14H26NO6P. The highest BCUT2D eigenvalue weighted by Crippen LogP contribution is 2.48. The Bertz CT molecular complexity index is 416. The summed E-state index contributed by atoms with van der Waals surface area (Å²) in [6.45, 7) is 3.92. The van der Waals surface area contributed by atoms with Gasteiger partial charge in [-0.2, -0.15) is 0 Å². The normalized spacial score (nSPS) is 13.5. The van der Waals surface area contributed by atoms with E-state index in [0.717, 1.165) is 18.4 Å². The maximum atomic E-state index is 12.3. The van der Waals surface area contributed by atoms with Crippen LogP contribution in [0.4, 0.5) is 0 Å². The first-order valence-corrected chi connectivity index (χ1v) is 8.95. The van der Waals surface area contributed by atoms with Crippen LogP contribution in [0.25, 0.3) is 0 Å². The fourth-order valence-corrected chi connectivity index (χ4v) is 2.96. The Morgan fingerprint density at radius 1 is 1.27 bits per heavy atom. The number of allylic oxidation sites excluding steroid dienone is 1. The average Bonchev–Trinajstić information content (AvgIpc) is 2.52. The van der Waals surface area contributed by atoms with E-state index in [0.29, 0.717) is 12.8 Å². The molecule has 8 heteroatoms. The summed E-state index contributed by atoms with van der Waals surface area (Å²) >= 11 is 0. The average molecular weight is 335 g/mol. The van der Waals surface area contributed by atoms with E-state index in [9.17, 15) is 14.2 Å². The van der Waals surface area contributed by atoms with Crippen molar-refractivity contribution in [1.29, 1.82) is 0 Å². The van der Waals surface area contributed by atoms with E-state index in [1.807, 2.05) is 6.92 Å². The lowest BCUT2D eigenvalue weighted by Crippen LogP contribution is -2.36. The molecule has 0 aromatic carbocycles. The van der Waals surface area contributed by atoms with E-state index in [-0.39, 0.29) is 12.8 Å². The zero-order valence-corrected chi connectivity index (χ0v) is 14.6. The molecule has 0 radical (unpaired) electrons. The molecule has 0 heterocycles. The van der Waals surface area contributed by atoms with Crippen LogP contribution in [0.3, 0.4) is 0 Å². The van der Waals surface area contributed by atoms with Gasteiger partial charge in [-0.15, -0.1) is 0 Å². The number of hydrogen-bond acceptors (Lipinski definition) is 6. The zero-order chi connectivity index (χ0) is 17.0. The van der Waals surface area contributed by atoms with Crippen molar-refractivity contribution in [3.8, 4) is 0 Å². The highest BCUT2D eigenvalue weighted by molar-refractivity contribution is 7.54. The molecule has 0 bridgehead atoms. The van der Waals surface area contributed by atoms with Gasteiger partial charge in [0, 0.05) is 14.2 Å². The van der Waals surface area contributed by atoms with Crippen LogP contribution in [0.2, 0.25) is 0 Å². The van der Waals surface area contributed by atoms with Gasteiger partial charge in [-0.25, -0.2) is 4.79 Å². The maximum Gasteiger partial charge on any atom is 0.334 e. The van der Waals surface area contributed by atoms with Crippen LogP contribution in [-0.4, -0.2) is 45.4 Å². The molecule has 0 aliphatic heterocycles. The van der Waals surface area contributed by atoms with Crippen LogP contribution < -0.4 is 5.32 Å². The molecule has 128 valence electrons. The van der Waals surface area contributed by atoms with Crippen molar-refractivity contribution >= 4 is 20.0 Å². The van der Waals surface area contributed by atoms with Gasteiger partial charge in [0.1, 0.15) is 6.04 Å². The standard InChI is InChI=1S/C14H26NO6P/c1-5-7-8-12(10-22(18,19-3)20-4)9-13(15-11-16)14(17)21-6-2/h9,11,13H,5-8,10H2,1-4H3,(H,15,16)/b12-9+. The molecule has 0 saturated carbocycles. The second-order valence-electron chi connectivity index (χ2n) is 4.58. The van der Waals surface area contributed by atoms with E-state index in [4.69, 9.17) is 13.8 Å². The van der Waals surface area contributed by atoms with Crippen LogP contribution in [0.15, 0.2) is 11.6 Å². The van der Waals surface area contributed by atoms with Crippen molar-refractivity contribution in [2.75, 3.05) is 27.0 Å². The highest BCUT2D eigenvalue weighted by Gasteiger charge is 2.25. The molecule has 22 heavy (non-hydrogen) atoms. The monoisotopic (exact) mass is 335 g/mol. The number of carbonyl (C=O) groups excluding carboxylic acids is 2. The smallest absolute Gasteiger partial charge is 0.334 e. The number of hydrogen-bond donors (Lipinski definition) is 1. The molecule has 0 saturated heterocycles. The molecule has 0 aliphatic rings. The molecule has 1 amide bonds. The first kappa shape index (κ1) is 20.8. The van der Waals surface area contributed by atoms with Gasteiger partial charge in [0.15, 0.2) is 0 Å². The van der Waals surface area contributed by atoms with Gasteiger partial charge in [0.05, 0.1) is 12.8 Å². The van der Waals surface area contributed by atoms with Crippen molar-refractivity contribution in [1.82, 2.24) is 5.32 Å². The molecule has 0 fully saturated rings. The Kier molecular flexibility index (Phi) is 10.8. The molecule has 1 N–H and O–H groups in total. The molecule has 0 aromatic heterocycles. The number of amides is 1. The summed E-state index contributed by atoms with van der Waals surface area (Å²) in [7, 11) is -0.607. The predicted molar refractivity (Wildman–Crippen MR) is 83.7 cm³/mol. The molecule has 1 unspecified atom stereocenters. The maximum absolute atomic E-state index is 12.3. The molecule has 1 atom stereocenters. The largest absolute Gasteiger partial charge is 0.464 e. The summed E-state index contributed by atoms with van der Waals surface area (Å²) < 4.78 is 27.0. The second-order valence-corrected chi connectivity index (χ2v) is 6.85. The lowest BCUT2D eigenvalue weighted by Gasteiger charge is -2.18. The van der Waals surface area contributed by atoms with Crippen LogP contribution in [0.1, 0.15) is 33.1 Å². The fourth-order valence-electron chi connectivity index (χ4n) is 1.80. The Labute approximate surface area is 131 Å². The SMILES string of the molecule is CCCC/C(=C\C(NC=O)C(=O)OCC)CP(=O)(OC)OC. The summed E-state index contributed by atoms with van der Waals surface area (Å²) in [6, 6.07) is -0.911. The minimum Gasteiger partial charge on any atom is -0.464 e. The van der Waals surface area contributed by atoms with E-state index in [1.54, 1.807) is 13.0 Å². The number of nitrogens with one attached hydrogen (secondary N) is 1. The minimum absolute atomic E-state index is 0.0659. The lowest BCUT2D eigenvalue weighted by atomic mass is 10.1. The van der Waals surface area contributed by atoms with Gasteiger partial charge < -0.3 is 19.1 Å². The van der Waals surface area contributed by atoms with Crippen LogP contribution in [0.5, 0.6) is 0 Å². The van der Waals surface area contributed by atoms with Crippen LogP contribution in [-0.2, 0) is 27.9 Å². The summed E-state index contributed by atoms with van der Waals surface area (Å²) in [6.07, 6.45) is 4.48. The quantitative estimate of drug-likeness (QED) is 0.255. The number of rotatable bonds is 12. The number of carbonyl (C=O) groups is 2. The van der Waals surface area contributed by atoms with Gasteiger partial charge in [-0.3, -0.25) is 9.36 Å². The molecule has 7 nitrogen and oxygen atoms in total. The number of unbranched alkanes of at least 4 members (excludes halogenated alkanes) is 1. The van der Waals surface area contributed by atoms with Gasteiger partial charge in [-0.1, -0.05) is 25.0 Å². The first-order valence-electron chi connectivity index (χ1n) is 7.22. The third-order valence-corrected chi connectivity index (χ3v) is 4.90. The number of esters is 1. The summed E-state index contributed by atoms with van der Waals surface area (Å²) in [5, 5.41) is 2.39. The summed E-state index contributed by atoms with van der Waals surface area (Å²) in [5.74, 6) is -0.562. The molecule has 0 spiro atoms. The second kappa shape index (κ2) is 11.4. The Balaban J connectivity index is 5.27. The van der Waals surface area contributed by atoms with Gasteiger partial charge in [0.25, 0.3) is 0 Å². The summed E-state index contributed by atoms with van der Waals surface area (Å²) in [5.41, 5.74) is 0.723. The summed E-state index contributed by atoms with van der Waals surface area (Å²) in [4.78, 5) is 22.5. The first-order chi connectivity index (χ1) is 10.5. The Morgan fingerprint density at radius 2 is 1.91 bits per heavy atom. The highest BCUT2D eigenvalue weighted by atomic mass is 31.2. The van der Waals surface area contributed by atoms with Crippen molar-refractivity contribution < 1.29 is 27.9 Å². The zero-order valence-electron chi connectivity index (χ0n) is 13.7. The third-order valence-electron chi connectivity index (χ3n) is 3.00. The van der Waals surface area contributed by atoms with E-state index in [2.05, 4.69) is 5.32 Å². The minimum atomic E-state index is -3.23. The van der Waals surface area contributed by atoms with Crippen molar-refractivity contribution in [2.24, 2.45) is 0 Å². The van der Waals surface area contributed by atoms with E-state index >= 15 is 0 Å². The third kappa shape index (κ3) is 7.73. The van der Waals surface area contributed by atoms with Crippen molar-refractivity contribution in [3.05, 3.63) is 11.6 Å². The predicted octanol–water partition coefficient (Wildman–Crippen LogP) is 2.27.